The molecule has 1 heterocycles. The summed E-state index contributed by atoms with van der Waals surface area (Å²) in [6.07, 6.45) is 3.60. The number of alkyl carbamates (subject to hydrolysis) is 1. The molecule has 0 bridgehead atoms. The van der Waals surface area contributed by atoms with Crippen LogP contribution in [0.1, 0.15) is 111 Å². The second-order valence-electron chi connectivity index (χ2n) is 15.7. The molecule has 0 spiro atoms. The molecule has 15 heteroatoms. The lowest BCUT2D eigenvalue weighted by Crippen LogP contribution is -2.58. The second-order valence-corrected chi connectivity index (χ2v) is 15.7. The van der Waals surface area contributed by atoms with Crippen molar-refractivity contribution in [2.75, 3.05) is 19.7 Å². The van der Waals surface area contributed by atoms with Crippen LogP contribution in [0.3, 0.4) is 0 Å². The molecule has 300 valence electrons. The number of Topliss-reactive ketones (excluding diaryl/α,β-unsaturated/α-hetero) is 1. The van der Waals surface area contributed by atoms with Gasteiger partial charge in [-0.05, 0) is 57.4 Å². The van der Waals surface area contributed by atoms with Crippen LogP contribution in [0.25, 0.3) is 0 Å². The molecule has 15 nitrogen and oxygen atoms in total. The van der Waals surface area contributed by atoms with Crippen molar-refractivity contribution in [2.24, 2.45) is 17.6 Å². The third-order valence-electron chi connectivity index (χ3n) is 9.36. The van der Waals surface area contributed by atoms with Gasteiger partial charge in [-0.1, -0.05) is 76.8 Å². The van der Waals surface area contributed by atoms with Gasteiger partial charge in [-0.15, -0.1) is 0 Å². The van der Waals surface area contributed by atoms with Gasteiger partial charge < -0.3 is 41.4 Å². The van der Waals surface area contributed by atoms with Crippen molar-refractivity contribution in [3.8, 4) is 0 Å². The molecule has 2 fully saturated rings. The van der Waals surface area contributed by atoms with Crippen molar-refractivity contribution >= 4 is 41.4 Å². The van der Waals surface area contributed by atoms with E-state index < -0.39 is 83.8 Å². The summed E-state index contributed by atoms with van der Waals surface area (Å²) < 4.78 is 11.6. The fourth-order valence-corrected chi connectivity index (χ4v) is 6.93. The van der Waals surface area contributed by atoms with E-state index in [-0.39, 0.29) is 44.2 Å². The first kappa shape index (κ1) is 43.9. The van der Waals surface area contributed by atoms with Crippen LogP contribution in [0.5, 0.6) is 0 Å². The molecule has 6 N–H and O–H groups in total. The maximum Gasteiger partial charge on any atom is 0.407 e. The first-order valence-corrected chi connectivity index (χ1v) is 19.2. The number of nitrogens with zero attached hydrogens (tertiary/aromatic N) is 1. The fourth-order valence-electron chi connectivity index (χ4n) is 6.93. The minimum absolute atomic E-state index is 0.0852. The van der Waals surface area contributed by atoms with E-state index in [0.29, 0.717) is 12.0 Å². The zero-order chi connectivity index (χ0) is 40.0. The van der Waals surface area contributed by atoms with Crippen molar-refractivity contribution in [2.45, 2.75) is 135 Å². The Balaban J connectivity index is 1.75. The van der Waals surface area contributed by atoms with Crippen LogP contribution in [0, 0.1) is 11.8 Å². The van der Waals surface area contributed by atoms with Gasteiger partial charge in [-0.2, -0.15) is 0 Å². The van der Waals surface area contributed by atoms with Crippen molar-refractivity contribution in [1.82, 2.24) is 26.2 Å². The van der Waals surface area contributed by atoms with Gasteiger partial charge in [0.1, 0.15) is 12.1 Å². The number of nitrogens with two attached hydrogens (primary N) is 1. The van der Waals surface area contributed by atoms with Gasteiger partial charge in [0.2, 0.25) is 29.4 Å². The van der Waals surface area contributed by atoms with Gasteiger partial charge in [-0.3, -0.25) is 28.8 Å². The molecule has 0 radical (unpaired) electrons. The highest BCUT2D eigenvalue weighted by Crippen LogP contribution is 2.31. The summed E-state index contributed by atoms with van der Waals surface area (Å²) in [6.45, 7) is 10.9. The second kappa shape index (κ2) is 20.8. The van der Waals surface area contributed by atoms with Gasteiger partial charge in [0.15, 0.2) is 0 Å². The lowest BCUT2D eigenvalue weighted by molar-refractivity contribution is -0.143. The third-order valence-corrected chi connectivity index (χ3v) is 9.36. The average Bonchev–Trinajstić information content (AvgIpc) is 3.54. The summed E-state index contributed by atoms with van der Waals surface area (Å²) >= 11 is 0. The molecule has 1 saturated carbocycles. The number of benzene rings is 1. The molecule has 2 aliphatic rings. The quantitative estimate of drug-likeness (QED) is 0.139. The SMILES string of the molecule is CCCC(NC(=O)[C@@H]1C[C@@H](OC(C)(C)C)CN1C(=O)[C@@H](NC(=O)OCC(C)C)C1CCCCC1)C(=O)C(=O)NCC(=O)NC(CC(N)=O)c1ccccc1. The molecule has 6 amide bonds. The van der Waals surface area contributed by atoms with E-state index in [1.54, 1.807) is 37.3 Å². The largest absolute Gasteiger partial charge is 0.449 e. The molecule has 5 atom stereocenters. The molecule has 1 aliphatic heterocycles. The Morgan fingerprint density at radius 3 is 2.20 bits per heavy atom. The van der Waals surface area contributed by atoms with E-state index >= 15 is 0 Å². The van der Waals surface area contributed by atoms with Crippen LogP contribution in [-0.2, 0) is 38.2 Å². The number of carbonyl (C=O) groups excluding carboxylic acids is 7. The van der Waals surface area contributed by atoms with Crippen molar-refractivity contribution in [3.05, 3.63) is 35.9 Å². The van der Waals surface area contributed by atoms with Gasteiger partial charge in [0.25, 0.3) is 5.91 Å². The van der Waals surface area contributed by atoms with Crippen LogP contribution < -0.4 is 27.0 Å². The smallest absolute Gasteiger partial charge is 0.407 e. The topological polar surface area (TPSA) is 215 Å². The molecular formula is C39H60N6O9. The molecule has 2 unspecified atom stereocenters. The fraction of sp³-hybridized carbons (Fsp3) is 0.667. The Bertz CT molecular complexity index is 1460. The number of amides is 6. The number of ether oxygens (including phenoxy) is 2. The first-order chi connectivity index (χ1) is 25.5. The standard InChI is InChI=1S/C39H60N6O9/c1-7-14-28(34(48)36(50)41-21-32(47)42-29(20-31(40)46)25-15-10-8-11-16-25)43-35(49)30-19-27(54-39(4,5)6)22-45(30)37(51)33(26-17-12-9-13-18-26)44-38(52)53-23-24(2)3/h8,10-11,15-16,24,26-30,33H,7,9,12-14,17-23H2,1-6H3,(H2,40,46)(H,41,50)(H,42,47)(H,43,49)(H,44,52)/t27-,28?,29?,30+,33+/m1/s1. The molecule has 3 rings (SSSR count). The van der Waals surface area contributed by atoms with Gasteiger partial charge >= 0.3 is 6.09 Å². The Morgan fingerprint density at radius 2 is 1.61 bits per heavy atom. The number of primary amides is 1. The van der Waals surface area contributed by atoms with Gasteiger partial charge in [0, 0.05) is 13.0 Å². The van der Waals surface area contributed by atoms with Crippen LogP contribution in [-0.4, -0.2) is 95.8 Å². The van der Waals surface area contributed by atoms with Crippen LogP contribution >= 0.6 is 0 Å². The number of ketones is 1. The van der Waals surface area contributed by atoms with Crippen LogP contribution in [0.15, 0.2) is 30.3 Å². The summed E-state index contributed by atoms with van der Waals surface area (Å²) in [6, 6.07) is 4.75. The summed E-state index contributed by atoms with van der Waals surface area (Å²) in [5.74, 6) is -4.45. The predicted molar refractivity (Wildman–Crippen MR) is 200 cm³/mol. The number of nitrogens with one attached hydrogen (secondary N) is 4. The van der Waals surface area contributed by atoms with E-state index in [2.05, 4.69) is 21.3 Å². The number of hydrogen-bond donors (Lipinski definition) is 5. The maximum atomic E-state index is 14.4. The minimum atomic E-state index is -1.24. The number of rotatable bonds is 18. The van der Waals surface area contributed by atoms with E-state index in [1.807, 2.05) is 34.6 Å². The van der Waals surface area contributed by atoms with E-state index in [9.17, 15) is 33.6 Å². The summed E-state index contributed by atoms with van der Waals surface area (Å²) in [4.78, 5) is 93.6. The first-order valence-electron chi connectivity index (χ1n) is 19.2. The van der Waals surface area contributed by atoms with E-state index in [4.69, 9.17) is 15.2 Å². The Hall–Kier alpha value is -4.53. The van der Waals surface area contributed by atoms with Crippen LogP contribution in [0.4, 0.5) is 4.79 Å². The Labute approximate surface area is 318 Å². The minimum Gasteiger partial charge on any atom is -0.449 e. The lowest BCUT2D eigenvalue weighted by atomic mass is 9.83. The molecular weight excluding hydrogens is 696 g/mol. The number of likely N-dealkylation sites (tertiary alicyclic amines) is 1. The highest BCUT2D eigenvalue weighted by Gasteiger charge is 2.46. The summed E-state index contributed by atoms with van der Waals surface area (Å²) in [7, 11) is 0. The molecule has 1 aliphatic carbocycles. The Kier molecular flexibility index (Phi) is 16.9. The lowest BCUT2D eigenvalue weighted by Gasteiger charge is -2.34. The molecule has 54 heavy (non-hydrogen) atoms. The molecule has 1 aromatic carbocycles. The maximum absolute atomic E-state index is 14.4. The van der Waals surface area contributed by atoms with E-state index in [0.717, 1.165) is 32.1 Å². The monoisotopic (exact) mass is 756 g/mol. The van der Waals surface area contributed by atoms with E-state index in [1.165, 1.54) is 4.90 Å². The average molecular weight is 757 g/mol. The normalized spacial score (nSPS) is 19.3. The molecule has 1 saturated heterocycles. The highest BCUT2D eigenvalue weighted by atomic mass is 16.5. The van der Waals surface area contributed by atoms with Crippen molar-refractivity contribution in [3.63, 3.8) is 0 Å². The third kappa shape index (κ3) is 14.0. The highest BCUT2D eigenvalue weighted by molar-refractivity contribution is 6.38. The summed E-state index contributed by atoms with van der Waals surface area (Å²) in [5, 5.41) is 10.5. The van der Waals surface area contributed by atoms with Crippen LogP contribution in [0.2, 0.25) is 0 Å². The summed E-state index contributed by atoms with van der Waals surface area (Å²) in [5.41, 5.74) is 5.43. The zero-order valence-electron chi connectivity index (χ0n) is 32.6. The van der Waals surface area contributed by atoms with Crippen molar-refractivity contribution in [1.29, 1.82) is 0 Å². The molecule has 0 aromatic heterocycles. The molecule has 1 aromatic rings. The zero-order valence-corrected chi connectivity index (χ0v) is 32.6. The number of hydrogen-bond acceptors (Lipinski definition) is 9. The van der Waals surface area contributed by atoms with Gasteiger partial charge in [0.05, 0.1) is 43.4 Å². The number of carbonyl (C=O) groups is 7. The Morgan fingerprint density at radius 1 is 0.944 bits per heavy atom. The van der Waals surface area contributed by atoms with Gasteiger partial charge in [-0.25, -0.2) is 4.79 Å². The predicted octanol–water partition coefficient (Wildman–Crippen LogP) is 2.81. The van der Waals surface area contributed by atoms with Crippen molar-refractivity contribution < 1.29 is 43.0 Å².